The number of rotatable bonds is 33. The smallest absolute Gasteiger partial charge is 0.252 e. The Bertz CT molecular complexity index is 2840. The number of nitrogens with one attached hydrogen (secondary N) is 2. The first-order valence-electron chi connectivity index (χ1n) is 26.6. The van der Waals surface area contributed by atoms with Crippen molar-refractivity contribution < 1.29 is 65.1 Å². The summed E-state index contributed by atoms with van der Waals surface area (Å²) in [5, 5.41) is 24.0. The van der Waals surface area contributed by atoms with Gasteiger partial charge >= 0.3 is 0 Å². The lowest BCUT2D eigenvalue weighted by molar-refractivity contribution is -0.144. The van der Waals surface area contributed by atoms with E-state index in [1.165, 1.54) is 6.92 Å². The number of aliphatic hydroxyl groups is 2. The van der Waals surface area contributed by atoms with Crippen LogP contribution in [0.1, 0.15) is 78.3 Å². The SMILES string of the molecule is CCC(=O)C(O)C(O)C(=O)NCCOCCOCCOCCNS(=O)(=O)c1cccc(C2CN(C)Cc3c(Cl)cc(Cl)cc32)c1.CCCOCCOCCOCCCS(=O)(=O)c1cccc(C2CN(C)Cc3c(Cl)cc(Cl)cc32)c1. The number of amides is 1. The monoisotopic (exact) mass is 1230 g/mol. The predicted octanol–water partition coefficient (Wildman–Crippen LogP) is 6.91. The molecule has 0 spiro atoms. The van der Waals surface area contributed by atoms with Gasteiger partial charge in [-0.15, -0.1) is 0 Å². The van der Waals surface area contributed by atoms with E-state index in [2.05, 4.69) is 26.8 Å². The van der Waals surface area contributed by atoms with Gasteiger partial charge in [0, 0.05) is 90.8 Å². The zero-order valence-corrected chi connectivity index (χ0v) is 50.5. The van der Waals surface area contributed by atoms with Gasteiger partial charge in [0.2, 0.25) is 10.0 Å². The van der Waals surface area contributed by atoms with Crippen LogP contribution in [0.3, 0.4) is 0 Å². The lowest BCUT2D eigenvalue weighted by atomic mass is 9.85. The third kappa shape index (κ3) is 21.4. The van der Waals surface area contributed by atoms with Crippen LogP contribution in [0.4, 0.5) is 0 Å². The first-order valence-corrected chi connectivity index (χ1v) is 31.3. The average molecular weight is 1240 g/mol. The summed E-state index contributed by atoms with van der Waals surface area (Å²) in [5.74, 6) is -1.54. The van der Waals surface area contributed by atoms with E-state index < -0.39 is 43.8 Å². The molecule has 0 fully saturated rings. The molecule has 444 valence electrons. The summed E-state index contributed by atoms with van der Waals surface area (Å²) in [6.45, 7) is 11.1. The van der Waals surface area contributed by atoms with E-state index in [1.54, 1.807) is 48.5 Å². The molecule has 24 heteroatoms. The van der Waals surface area contributed by atoms with Crippen molar-refractivity contribution in [1.29, 1.82) is 0 Å². The highest BCUT2D eigenvalue weighted by Gasteiger charge is 2.31. The molecule has 4 unspecified atom stereocenters. The number of ether oxygens (including phenoxy) is 6. The van der Waals surface area contributed by atoms with Crippen molar-refractivity contribution in [2.45, 2.75) is 80.0 Å². The average Bonchev–Trinajstić information content (AvgIpc) is 3.56. The minimum atomic E-state index is -3.77. The summed E-state index contributed by atoms with van der Waals surface area (Å²) in [6.07, 6.45) is -2.15. The maximum absolute atomic E-state index is 13.0. The molecule has 1 amide bonds. The maximum Gasteiger partial charge on any atom is 0.252 e. The number of hydrogen-bond acceptors (Lipinski definition) is 16. The van der Waals surface area contributed by atoms with E-state index in [1.807, 2.05) is 38.4 Å². The highest BCUT2D eigenvalue weighted by Crippen LogP contribution is 2.40. The van der Waals surface area contributed by atoms with Crippen molar-refractivity contribution in [3.63, 3.8) is 0 Å². The van der Waals surface area contributed by atoms with Crippen LogP contribution in [0.2, 0.25) is 20.1 Å². The normalized spacial score (nSPS) is 16.5. The largest absolute Gasteiger partial charge is 0.382 e. The van der Waals surface area contributed by atoms with Crippen LogP contribution in [-0.4, -0.2) is 186 Å². The summed E-state index contributed by atoms with van der Waals surface area (Å²) in [4.78, 5) is 27.9. The number of nitrogens with zero attached hydrogens (tertiary/aromatic N) is 2. The highest BCUT2D eigenvalue weighted by atomic mass is 35.5. The Kier molecular flexibility index (Phi) is 29.0. The van der Waals surface area contributed by atoms with Crippen molar-refractivity contribution >= 4 is 78.0 Å². The molecular formula is C56H76Cl4N4O14S2. The standard InChI is InChI=1S/C30H41Cl2N3O9S.C26H35Cl2NO5S/c1-3-27(36)28(37)29(38)30(39)33-7-9-42-11-13-44-14-12-43-10-8-34-45(40,41)22-6-4-5-20(15-22)24-18-35(2)19-25-23(24)16-21(31)17-26(25)32;1-3-8-32-10-12-34-13-11-33-9-5-14-35(30,31)22-7-4-6-20(15-22)24-18-29(2)19-25-23(24)16-21(27)17-26(25)28/h4-6,15-17,24,28-29,34,37-38H,3,7-14,18-19H2,1-2H3,(H,33,39);4,6-7,15-17,24H,3,5,8-14,18-19H2,1-2H3. The lowest BCUT2D eigenvalue weighted by Crippen LogP contribution is -2.46. The molecular weight excluding hydrogens is 1160 g/mol. The van der Waals surface area contributed by atoms with Crippen LogP contribution in [0, 0.1) is 0 Å². The number of sulfone groups is 1. The molecule has 0 radical (unpaired) electrons. The van der Waals surface area contributed by atoms with Crippen LogP contribution < -0.4 is 10.0 Å². The molecule has 2 aliphatic heterocycles. The molecule has 0 aromatic heterocycles. The quantitative estimate of drug-likeness (QED) is 0.0355. The van der Waals surface area contributed by atoms with E-state index in [-0.39, 0.29) is 81.6 Å². The van der Waals surface area contributed by atoms with Gasteiger partial charge in [-0.25, -0.2) is 21.6 Å². The fourth-order valence-corrected chi connectivity index (χ4v) is 12.5. The van der Waals surface area contributed by atoms with Crippen molar-refractivity contribution in [3.8, 4) is 0 Å². The minimum Gasteiger partial charge on any atom is -0.382 e. The number of fused-ring (bicyclic) bond motifs is 2. The Morgan fingerprint density at radius 2 is 1.05 bits per heavy atom. The molecule has 0 bridgehead atoms. The number of carbonyl (C=O) groups excluding carboxylic acids is 2. The number of sulfonamides is 1. The van der Waals surface area contributed by atoms with Crippen LogP contribution >= 0.6 is 46.4 Å². The number of ketones is 1. The Morgan fingerprint density at radius 1 is 0.600 bits per heavy atom. The third-order valence-electron chi connectivity index (χ3n) is 13.0. The Balaban J connectivity index is 0.000000303. The molecule has 4 atom stereocenters. The maximum atomic E-state index is 13.0. The van der Waals surface area contributed by atoms with Crippen molar-refractivity contribution in [1.82, 2.24) is 19.8 Å². The zero-order chi connectivity index (χ0) is 58.2. The Hall–Kier alpha value is -3.36. The van der Waals surface area contributed by atoms with Gasteiger partial charge in [0.25, 0.3) is 5.91 Å². The zero-order valence-electron chi connectivity index (χ0n) is 45.8. The molecule has 4 aromatic rings. The van der Waals surface area contributed by atoms with Crippen LogP contribution in [0.25, 0.3) is 0 Å². The molecule has 2 heterocycles. The Labute approximate surface area is 491 Å². The summed E-state index contributed by atoms with van der Waals surface area (Å²) >= 11 is 25.5. The van der Waals surface area contributed by atoms with Crippen molar-refractivity contribution in [2.75, 3.05) is 125 Å². The van der Waals surface area contributed by atoms with Crippen LogP contribution in [-0.2, 0) is 71.0 Å². The van der Waals surface area contributed by atoms with Crippen molar-refractivity contribution in [3.05, 3.63) is 126 Å². The number of hydrogen-bond donors (Lipinski definition) is 4. The number of likely N-dealkylation sites (N-methyl/N-ethyl adjacent to an activating group) is 2. The molecule has 4 N–H and O–H groups in total. The number of Topliss-reactive ketones (excluding diaryl/α,β-unsaturated/α-hetero) is 1. The second-order valence-electron chi connectivity index (χ2n) is 19.3. The number of carbonyl (C=O) groups is 2. The molecule has 4 aromatic carbocycles. The minimum absolute atomic E-state index is 0.00851. The first kappa shape index (κ1) is 67.4. The van der Waals surface area contributed by atoms with E-state index in [0.717, 1.165) is 59.5 Å². The number of halogens is 4. The van der Waals surface area contributed by atoms with Gasteiger partial charge in [-0.05, 0) is 109 Å². The van der Waals surface area contributed by atoms with Crippen LogP contribution in [0.5, 0.6) is 0 Å². The molecule has 0 saturated heterocycles. The molecule has 80 heavy (non-hydrogen) atoms. The fourth-order valence-electron chi connectivity index (χ4n) is 8.99. The molecule has 2 aliphatic rings. The predicted molar refractivity (Wildman–Crippen MR) is 310 cm³/mol. The fraction of sp³-hybridized carbons (Fsp3) is 0.536. The highest BCUT2D eigenvalue weighted by molar-refractivity contribution is 7.91. The van der Waals surface area contributed by atoms with Crippen LogP contribution in [0.15, 0.2) is 82.6 Å². The Morgan fingerprint density at radius 3 is 1.55 bits per heavy atom. The summed E-state index contributed by atoms with van der Waals surface area (Å²) in [7, 11) is -3.17. The van der Waals surface area contributed by atoms with Gasteiger partial charge in [-0.2, -0.15) is 0 Å². The van der Waals surface area contributed by atoms with Crippen molar-refractivity contribution in [2.24, 2.45) is 0 Å². The topological polar surface area (TPSA) is 229 Å². The number of benzene rings is 4. The van der Waals surface area contributed by atoms with Gasteiger partial charge in [-0.3, -0.25) is 9.59 Å². The second-order valence-corrected chi connectivity index (χ2v) is 24.9. The number of aliphatic hydroxyl groups excluding tert-OH is 2. The summed E-state index contributed by atoms with van der Waals surface area (Å²) < 4.78 is 87.0. The van der Waals surface area contributed by atoms with E-state index in [4.69, 9.17) is 74.8 Å². The second kappa shape index (κ2) is 34.4. The van der Waals surface area contributed by atoms with Gasteiger partial charge in [0.1, 0.15) is 6.10 Å². The van der Waals surface area contributed by atoms with Gasteiger partial charge in [-0.1, -0.05) is 84.5 Å². The van der Waals surface area contributed by atoms with Gasteiger partial charge in [0.15, 0.2) is 21.7 Å². The molecule has 6 rings (SSSR count). The summed E-state index contributed by atoms with van der Waals surface area (Å²) in [5.41, 5.74) is 5.88. The van der Waals surface area contributed by atoms with E-state index in [0.29, 0.717) is 77.5 Å². The van der Waals surface area contributed by atoms with Gasteiger partial charge in [0.05, 0.1) is 81.6 Å². The van der Waals surface area contributed by atoms with E-state index in [9.17, 15) is 36.6 Å². The molecule has 18 nitrogen and oxygen atoms in total. The first-order chi connectivity index (χ1) is 38.3. The lowest BCUT2D eigenvalue weighted by Gasteiger charge is -2.33. The summed E-state index contributed by atoms with van der Waals surface area (Å²) in [6, 6.07) is 21.4. The molecule has 0 aliphatic carbocycles. The van der Waals surface area contributed by atoms with E-state index >= 15 is 0 Å². The third-order valence-corrected chi connectivity index (χ3v) is 17.4. The van der Waals surface area contributed by atoms with Gasteiger partial charge < -0.3 is 53.8 Å². The molecule has 0 saturated carbocycles.